The summed E-state index contributed by atoms with van der Waals surface area (Å²) in [5.74, 6) is 2.72. The van der Waals surface area contributed by atoms with Gasteiger partial charge in [0.05, 0.1) is 37.5 Å². The molecule has 5 aliphatic rings. The average Bonchev–Trinajstić information content (AvgIpc) is 1.73. The summed E-state index contributed by atoms with van der Waals surface area (Å²) in [4.78, 5) is 90.6. The Morgan fingerprint density at radius 1 is 0.898 bits per heavy atom. The molecule has 4 aromatic rings. The highest BCUT2D eigenvalue weighted by molar-refractivity contribution is 8.76. The molecule has 4 amide bonds. The zero-order valence-corrected chi connectivity index (χ0v) is 55.0. The lowest BCUT2D eigenvalue weighted by molar-refractivity contribution is -0.163. The second-order valence-electron chi connectivity index (χ2n) is 24.4. The number of alkyl carbamates (subject to hydrolysis) is 1. The molecule has 476 valence electrons. The first kappa shape index (κ1) is 66.0. The Morgan fingerprint density at radius 2 is 1.59 bits per heavy atom. The fourth-order valence-corrected chi connectivity index (χ4v) is 14.5. The highest BCUT2D eigenvalue weighted by Crippen LogP contribution is 2.61. The summed E-state index contributed by atoms with van der Waals surface area (Å²) < 4.78 is 29.2. The van der Waals surface area contributed by atoms with Crippen molar-refractivity contribution in [2.24, 2.45) is 17.3 Å². The van der Waals surface area contributed by atoms with E-state index < -0.39 is 47.6 Å². The molecule has 3 aliphatic heterocycles. The van der Waals surface area contributed by atoms with E-state index in [2.05, 4.69) is 44.3 Å². The average molecular weight is 1270 g/mol. The maximum absolute atomic E-state index is 14.5. The number of methoxy groups -OCH3 is 3. The number of aliphatic hydroxyl groups is 1. The Labute approximate surface area is 530 Å². The minimum atomic E-state index is -1.81. The van der Waals surface area contributed by atoms with Crippen molar-refractivity contribution < 1.29 is 52.8 Å². The van der Waals surface area contributed by atoms with Crippen LogP contribution in [0.4, 0.5) is 27.7 Å². The van der Waals surface area contributed by atoms with Crippen molar-refractivity contribution in [3.63, 3.8) is 0 Å². The van der Waals surface area contributed by atoms with Crippen LogP contribution in [0.25, 0.3) is 10.9 Å². The highest BCUT2D eigenvalue weighted by atomic mass is 35.5. The van der Waals surface area contributed by atoms with E-state index in [4.69, 9.17) is 45.3 Å². The molecule has 2 saturated heterocycles. The summed E-state index contributed by atoms with van der Waals surface area (Å²) >= 11 is 6.89. The van der Waals surface area contributed by atoms with Crippen LogP contribution in [0.1, 0.15) is 89.9 Å². The molecule has 8 atom stereocenters. The molecule has 4 bridgehead atoms. The summed E-state index contributed by atoms with van der Waals surface area (Å²) in [7, 11) is 14.7. The van der Waals surface area contributed by atoms with Gasteiger partial charge in [0.2, 0.25) is 17.7 Å². The van der Waals surface area contributed by atoms with Gasteiger partial charge in [0, 0.05) is 128 Å². The summed E-state index contributed by atoms with van der Waals surface area (Å²) in [5.41, 5.74) is 2.64. The van der Waals surface area contributed by atoms with E-state index >= 15 is 0 Å². The van der Waals surface area contributed by atoms with E-state index in [1.54, 1.807) is 45.2 Å². The van der Waals surface area contributed by atoms with Crippen LogP contribution in [-0.2, 0) is 39.8 Å². The predicted molar refractivity (Wildman–Crippen MR) is 348 cm³/mol. The van der Waals surface area contributed by atoms with E-state index in [1.165, 1.54) is 45.6 Å². The van der Waals surface area contributed by atoms with Crippen molar-refractivity contribution >= 4 is 96.8 Å². The van der Waals surface area contributed by atoms with E-state index in [0.29, 0.717) is 61.2 Å². The Morgan fingerprint density at radius 3 is 2.28 bits per heavy atom. The van der Waals surface area contributed by atoms with Gasteiger partial charge < -0.3 is 58.2 Å². The molecule has 0 spiro atoms. The van der Waals surface area contributed by atoms with Gasteiger partial charge in [0.15, 0.2) is 5.72 Å². The smallest absolute Gasteiger partial charge is 0.409 e. The molecule has 0 unspecified atom stereocenters. The number of carbonyl (C=O) groups excluding carboxylic acids is 5. The summed E-state index contributed by atoms with van der Waals surface area (Å²) in [6, 6.07) is 17.2. The number of likely N-dealkylation sites (N-methyl/N-ethyl adjacent to an activating group) is 3. The number of ether oxygens (including phenoxy) is 5. The minimum Gasteiger partial charge on any atom is -0.495 e. The van der Waals surface area contributed by atoms with Crippen molar-refractivity contribution in [2.45, 2.75) is 115 Å². The molecule has 2 saturated carbocycles. The quantitative estimate of drug-likeness (QED) is 0.0480. The van der Waals surface area contributed by atoms with Gasteiger partial charge >= 0.3 is 12.1 Å². The SMILES string of the molecule is COc1ccccc1N1CCN(c2nc(C3CC3)nc3ccc(N(C)CCN(C)C(=O)CCSSCCC(=O)N(C)[C@@H](C)C(=O)O[C@H]4CC(=O)N(C)c5cc(cc(OC)c5Cl)C/C(C)=C/C=C/[C@@H](OC)[C@@]5(O)C[C@H](OC(=O)N5)[C@@H](C)[C@@H]5C[C@@]45C)cc23)CC1. The number of esters is 1. The second-order valence-corrected chi connectivity index (χ2v) is 27.5. The summed E-state index contributed by atoms with van der Waals surface area (Å²) in [6.07, 6.45) is 5.34. The van der Waals surface area contributed by atoms with Gasteiger partial charge in [-0.15, -0.1) is 0 Å². The summed E-state index contributed by atoms with van der Waals surface area (Å²) in [6.45, 7) is 11.9. The number of carbonyl (C=O) groups is 5. The normalized spacial score (nSPS) is 25.3. The molecule has 23 heteroatoms. The lowest BCUT2D eigenvalue weighted by Gasteiger charge is -2.42. The van der Waals surface area contributed by atoms with Gasteiger partial charge in [-0.2, -0.15) is 0 Å². The highest BCUT2D eigenvalue weighted by Gasteiger charge is 2.62. The third kappa shape index (κ3) is 15.2. The number of allylic oxidation sites excluding steroid dienone is 3. The number of nitrogens with one attached hydrogen (secondary N) is 1. The number of hydrogen-bond donors (Lipinski definition) is 2. The molecule has 0 radical (unpaired) electrons. The van der Waals surface area contributed by atoms with Gasteiger partial charge in [-0.25, -0.2) is 19.6 Å². The Kier molecular flexibility index (Phi) is 21.4. The van der Waals surface area contributed by atoms with Crippen LogP contribution >= 0.6 is 33.2 Å². The second kappa shape index (κ2) is 28.6. The van der Waals surface area contributed by atoms with Gasteiger partial charge in [-0.1, -0.05) is 83.0 Å². The van der Waals surface area contributed by atoms with Gasteiger partial charge in [-0.3, -0.25) is 19.7 Å². The summed E-state index contributed by atoms with van der Waals surface area (Å²) in [5, 5.41) is 15.8. The van der Waals surface area contributed by atoms with Crippen LogP contribution in [0.15, 0.2) is 78.4 Å². The monoisotopic (exact) mass is 1270 g/mol. The number of aromatic nitrogens is 2. The fourth-order valence-electron chi connectivity index (χ4n) is 12.2. The molecule has 9 rings (SSSR count). The molecule has 2 aliphatic carbocycles. The van der Waals surface area contributed by atoms with Crippen molar-refractivity contribution in [3.8, 4) is 11.5 Å². The Balaban J connectivity index is 0.765. The molecule has 88 heavy (non-hydrogen) atoms. The van der Waals surface area contributed by atoms with E-state index in [-0.39, 0.29) is 53.8 Å². The fraction of sp³-hybridized carbons (Fsp3) is 0.554. The first-order valence-corrected chi connectivity index (χ1v) is 33.2. The van der Waals surface area contributed by atoms with Crippen molar-refractivity contribution in [1.29, 1.82) is 0 Å². The molecular formula is C65H86ClN9O11S2. The van der Waals surface area contributed by atoms with Gasteiger partial charge in [-0.05, 0) is 99.4 Å². The Bertz CT molecular complexity index is 3270. The first-order chi connectivity index (χ1) is 42.1. The number of benzene rings is 3. The zero-order chi connectivity index (χ0) is 63.2. The van der Waals surface area contributed by atoms with Crippen LogP contribution in [-0.4, -0.2) is 185 Å². The lowest BCUT2D eigenvalue weighted by atomic mass is 9.83. The number of rotatable bonds is 20. The number of para-hydroxylation sites is 2. The first-order valence-electron chi connectivity index (χ1n) is 30.4. The number of anilines is 4. The molecule has 4 heterocycles. The number of fused-ring (bicyclic) bond motifs is 6. The van der Waals surface area contributed by atoms with Crippen molar-refractivity contribution in [3.05, 3.63) is 94.8 Å². The zero-order valence-electron chi connectivity index (χ0n) is 52.6. The molecule has 20 nitrogen and oxygen atoms in total. The van der Waals surface area contributed by atoms with Gasteiger partial charge in [0.25, 0.3) is 0 Å². The predicted octanol–water partition coefficient (Wildman–Crippen LogP) is 9.30. The molecular weight excluding hydrogens is 1180 g/mol. The molecule has 2 N–H and O–H groups in total. The lowest BCUT2D eigenvalue weighted by Crippen LogP contribution is -2.63. The number of amides is 4. The molecule has 1 aromatic heterocycles. The largest absolute Gasteiger partial charge is 0.495 e. The van der Waals surface area contributed by atoms with E-state index in [1.807, 2.05) is 71.3 Å². The van der Waals surface area contributed by atoms with Crippen LogP contribution in [0.2, 0.25) is 5.02 Å². The standard InChI is InChI=1S/C65H86ClN9O11S2/c1-40-15-14-18-54(84-11)65(81)39-53(85-63(80)69-65)41(2)47-38-64(47,4)55(37-58(78)73(8)50-34-43(33-40)35-52(83-10)59(50)66)86-62(79)42(3)72(7)57(77)24-32-88-87-31-23-56(76)71(6)26-25-70(5)45-21-22-48-46(36-45)61(68-60(67-48)44-19-20-44)75-29-27-74(28-30-75)49-16-12-13-17-51(49)82-9/h12-18,21-22,34-36,41-42,44,47,53-55,81H,19-20,23-33,37-39H2,1-11H3,(H,69,80)/b18-14+,40-15+/t41-,42-,47-,53-,54+,55-,64+,65-/m0/s1. The maximum atomic E-state index is 14.5. The Hall–Kier alpha value is -6.46. The number of nitrogens with zero attached hydrogens (tertiary/aromatic N) is 8. The van der Waals surface area contributed by atoms with Crippen molar-refractivity contribution in [2.75, 3.05) is 120 Å². The van der Waals surface area contributed by atoms with E-state index in [0.717, 1.165) is 89.8 Å². The van der Waals surface area contributed by atoms with Crippen LogP contribution in [0, 0.1) is 17.3 Å². The maximum Gasteiger partial charge on any atom is 0.409 e. The van der Waals surface area contributed by atoms with Gasteiger partial charge in [0.1, 0.15) is 52.5 Å². The van der Waals surface area contributed by atoms with Crippen molar-refractivity contribution in [1.82, 2.24) is 25.1 Å². The van der Waals surface area contributed by atoms with E-state index in [9.17, 15) is 29.1 Å². The van der Waals surface area contributed by atoms with Crippen LogP contribution in [0.3, 0.4) is 0 Å². The number of halogens is 1. The number of piperazine rings is 1. The van der Waals surface area contributed by atoms with Crippen LogP contribution in [0.5, 0.6) is 11.5 Å². The third-order valence-corrected chi connectivity index (χ3v) is 21.2. The third-order valence-electron chi connectivity index (χ3n) is 18.4. The molecule has 4 fully saturated rings. The molecule has 3 aromatic carbocycles. The number of hydrogen-bond acceptors (Lipinski definition) is 18. The van der Waals surface area contributed by atoms with Crippen LogP contribution < -0.4 is 34.4 Å². The minimum absolute atomic E-state index is 0.00293. The topological polar surface area (TPSA) is 209 Å².